The van der Waals surface area contributed by atoms with Crippen molar-refractivity contribution in [2.24, 2.45) is 0 Å². The maximum atomic E-state index is 10.5. The molecular weight excluding hydrogens is 456 g/mol. The van der Waals surface area contributed by atoms with Crippen LogP contribution >= 0.6 is 0 Å². The largest absolute Gasteiger partial charge is 0.479 e. The van der Waals surface area contributed by atoms with Gasteiger partial charge in [0, 0.05) is 0 Å². The highest BCUT2D eigenvalue weighted by atomic mass is 16.4. The van der Waals surface area contributed by atoms with Crippen LogP contribution in [0.2, 0.25) is 0 Å². The topological polar surface area (TPSA) is 57.5 Å². The zero-order valence-corrected chi connectivity index (χ0v) is 25.3. The molecule has 0 rings (SSSR count). The predicted molar refractivity (Wildman–Crippen MR) is 162 cm³/mol. The maximum absolute atomic E-state index is 10.5. The van der Waals surface area contributed by atoms with Gasteiger partial charge in [0.15, 0.2) is 6.10 Å². The molecule has 0 spiro atoms. The zero-order chi connectivity index (χ0) is 27.1. The van der Waals surface area contributed by atoms with Crippen molar-refractivity contribution in [3.63, 3.8) is 0 Å². The summed E-state index contributed by atoms with van der Waals surface area (Å²) in [6.45, 7) is 2.30. The van der Waals surface area contributed by atoms with Gasteiger partial charge in [0.1, 0.15) is 0 Å². The zero-order valence-electron chi connectivity index (χ0n) is 25.3. The van der Waals surface area contributed by atoms with Gasteiger partial charge in [-0.05, 0) is 6.42 Å². The molecule has 0 aromatic carbocycles. The normalized spacial score (nSPS) is 12.3. The molecule has 0 aromatic heterocycles. The summed E-state index contributed by atoms with van der Waals surface area (Å²) in [5.41, 5.74) is 0. The van der Waals surface area contributed by atoms with E-state index in [1.807, 2.05) is 0 Å². The molecule has 0 aliphatic heterocycles. The first-order valence-corrected chi connectivity index (χ1v) is 17.1. The number of aliphatic hydroxyl groups is 1. The van der Waals surface area contributed by atoms with Crippen LogP contribution < -0.4 is 0 Å². The van der Waals surface area contributed by atoms with Gasteiger partial charge < -0.3 is 10.2 Å². The van der Waals surface area contributed by atoms with Gasteiger partial charge in [-0.25, -0.2) is 4.79 Å². The number of carbonyl (C=O) groups is 1. The van der Waals surface area contributed by atoms with Crippen LogP contribution in [0, 0.1) is 0 Å². The summed E-state index contributed by atoms with van der Waals surface area (Å²) >= 11 is 0. The molecule has 0 amide bonds. The van der Waals surface area contributed by atoms with Crippen LogP contribution in [0.4, 0.5) is 0 Å². The Kier molecular flexibility index (Phi) is 31.2. The third-order valence-corrected chi connectivity index (χ3v) is 8.12. The molecule has 0 fully saturated rings. The number of aliphatic carboxylic acids is 1. The summed E-state index contributed by atoms with van der Waals surface area (Å²) in [5.74, 6) is -1.09. The highest BCUT2D eigenvalue weighted by molar-refractivity contribution is 5.71. The van der Waals surface area contributed by atoms with Crippen molar-refractivity contribution in [1.82, 2.24) is 0 Å². The van der Waals surface area contributed by atoms with Crippen LogP contribution in [0.5, 0.6) is 0 Å². The molecule has 3 nitrogen and oxygen atoms in total. The summed E-state index contributed by atoms with van der Waals surface area (Å²) in [6.07, 6.45) is 40.9. The molecule has 0 saturated heterocycles. The Labute approximate surface area is 233 Å². The van der Waals surface area contributed by atoms with Gasteiger partial charge in [-0.15, -0.1) is 0 Å². The molecule has 0 radical (unpaired) electrons. The minimum Gasteiger partial charge on any atom is -0.479 e. The average molecular weight is 525 g/mol. The average Bonchev–Trinajstić information content (AvgIpc) is 2.89. The second kappa shape index (κ2) is 31.6. The highest BCUT2D eigenvalue weighted by Gasteiger charge is 2.11. The van der Waals surface area contributed by atoms with Crippen molar-refractivity contribution in [2.75, 3.05) is 0 Å². The van der Waals surface area contributed by atoms with E-state index in [0.717, 1.165) is 12.8 Å². The van der Waals surface area contributed by atoms with Crippen molar-refractivity contribution in [1.29, 1.82) is 0 Å². The number of aliphatic hydroxyl groups excluding tert-OH is 1. The van der Waals surface area contributed by atoms with Gasteiger partial charge in [0.05, 0.1) is 0 Å². The van der Waals surface area contributed by atoms with E-state index in [1.54, 1.807) is 0 Å². The van der Waals surface area contributed by atoms with E-state index >= 15 is 0 Å². The van der Waals surface area contributed by atoms with Gasteiger partial charge >= 0.3 is 5.97 Å². The first kappa shape index (κ1) is 36.4. The van der Waals surface area contributed by atoms with Crippen LogP contribution in [0.15, 0.2) is 0 Å². The van der Waals surface area contributed by atoms with E-state index in [9.17, 15) is 9.90 Å². The third kappa shape index (κ3) is 31.5. The number of carboxylic acid groups (broad SMARTS) is 1. The summed E-state index contributed by atoms with van der Waals surface area (Å²) in [5, 5.41) is 17.9. The predicted octanol–water partition coefficient (Wildman–Crippen LogP) is 11.5. The van der Waals surface area contributed by atoms with E-state index in [4.69, 9.17) is 5.11 Å². The molecule has 0 bridgehead atoms. The van der Waals surface area contributed by atoms with Crippen LogP contribution in [-0.4, -0.2) is 22.3 Å². The summed E-state index contributed by atoms with van der Waals surface area (Å²) in [7, 11) is 0. The maximum Gasteiger partial charge on any atom is 0.332 e. The Balaban J connectivity index is 3.05. The van der Waals surface area contributed by atoms with Gasteiger partial charge in [-0.1, -0.05) is 200 Å². The number of hydrogen-bond donors (Lipinski definition) is 2. The fraction of sp³-hybridized carbons (Fsp3) is 0.971. The van der Waals surface area contributed by atoms with Crippen molar-refractivity contribution in [3.8, 4) is 0 Å². The van der Waals surface area contributed by atoms with Crippen molar-refractivity contribution >= 4 is 5.97 Å². The summed E-state index contributed by atoms with van der Waals surface area (Å²) in [4.78, 5) is 10.5. The molecule has 1 atom stereocenters. The van der Waals surface area contributed by atoms with Gasteiger partial charge in [0.2, 0.25) is 0 Å². The standard InChI is InChI=1S/C34H68O3/c1-2-3-4-5-6-7-8-9-10-11-12-13-14-15-16-17-18-19-20-21-22-23-24-25-26-27-28-29-30-31-32-33(35)34(36)37/h33,35H,2-32H2,1H3,(H,36,37). The number of hydrogen-bond acceptors (Lipinski definition) is 2. The lowest BCUT2D eigenvalue weighted by atomic mass is 10.0. The first-order valence-electron chi connectivity index (χ1n) is 17.1. The monoisotopic (exact) mass is 525 g/mol. The van der Waals surface area contributed by atoms with E-state index in [1.165, 1.54) is 180 Å². The molecular formula is C34H68O3. The minimum atomic E-state index is -1.17. The molecule has 0 aliphatic rings. The highest BCUT2D eigenvalue weighted by Crippen LogP contribution is 2.16. The Morgan fingerprint density at radius 1 is 0.405 bits per heavy atom. The molecule has 0 aromatic rings. The molecule has 3 heteroatoms. The lowest BCUT2D eigenvalue weighted by Crippen LogP contribution is -2.18. The van der Waals surface area contributed by atoms with Crippen molar-refractivity contribution < 1.29 is 15.0 Å². The van der Waals surface area contributed by atoms with Gasteiger partial charge in [-0.2, -0.15) is 0 Å². The lowest BCUT2D eigenvalue weighted by Gasteiger charge is -2.05. The second-order valence-electron chi connectivity index (χ2n) is 11.9. The van der Waals surface area contributed by atoms with E-state index in [-0.39, 0.29) is 0 Å². The molecule has 37 heavy (non-hydrogen) atoms. The van der Waals surface area contributed by atoms with E-state index in [0.29, 0.717) is 6.42 Å². The summed E-state index contributed by atoms with van der Waals surface area (Å²) < 4.78 is 0. The third-order valence-electron chi connectivity index (χ3n) is 8.12. The minimum absolute atomic E-state index is 0.398. The molecule has 2 N–H and O–H groups in total. The molecule has 0 saturated carbocycles. The van der Waals surface area contributed by atoms with Crippen LogP contribution in [0.25, 0.3) is 0 Å². The van der Waals surface area contributed by atoms with E-state index in [2.05, 4.69) is 6.92 Å². The first-order chi connectivity index (χ1) is 18.2. The lowest BCUT2D eigenvalue weighted by molar-refractivity contribution is -0.146. The molecule has 0 heterocycles. The van der Waals surface area contributed by atoms with E-state index < -0.39 is 12.1 Å². The second-order valence-corrected chi connectivity index (χ2v) is 11.9. The Morgan fingerprint density at radius 2 is 0.595 bits per heavy atom. The fourth-order valence-electron chi connectivity index (χ4n) is 5.48. The van der Waals surface area contributed by atoms with Gasteiger partial charge in [-0.3, -0.25) is 0 Å². The summed E-state index contributed by atoms with van der Waals surface area (Å²) in [6, 6.07) is 0. The van der Waals surface area contributed by atoms with Crippen LogP contribution in [0.3, 0.4) is 0 Å². The smallest absolute Gasteiger partial charge is 0.332 e. The number of rotatable bonds is 32. The quantitative estimate of drug-likeness (QED) is 0.0860. The molecule has 1 unspecified atom stereocenters. The molecule has 222 valence electrons. The number of unbranched alkanes of at least 4 members (excludes halogenated alkanes) is 29. The molecule has 0 aliphatic carbocycles. The van der Waals surface area contributed by atoms with Crippen molar-refractivity contribution in [3.05, 3.63) is 0 Å². The van der Waals surface area contributed by atoms with Crippen molar-refractivity contribution in [2.45, 2.75) is 212 Å². The fourth-order valence-corrected chi connectivity index (χ4v) is 5.48. The Hall–Kier alpha value is -0.570. The van der Waals surface area contributed by atoms with Crippen LogP contribution in [-0.2, 0) is 4.79 Å². The van der Waals surface area contributed by atoms with Crippen LogP contribution in [0.1, 0.15) is 206 Å². The van der Waals surface area contributed by atoms with Gasteiger partial charge in [0.25, 0.3) is 0 Å². The SMILES string of the molecule is CCCCCCCCCCCCCCCCCCCCCCCCCCCCCCCCC(O)C(=O)O. The Morgan fingerprint density at radius 3 is 0.784 bits per heavy atom. The Bertz CT molecular complexity index is 437. The number of carboxylic acids is 1.